The first-order chi connectivity index (χ1) is 9.39. The average molecular weight is 280 g/mol. The van der Waals surface area contributed by atoms with Crippen LogP contribution in [0.4, 0.5) is 0 Å². The van der Waals surface area contributed by atoms with Crippen molar-refractivity contribution in [3.05, 3.63) is 0 Å². The van der Waals surface area contributed by atoms with E-state index in [0.29, 0.717) is 0 Å². The maximum Gasteiger partial charge on any atom is 0.246 e. The lowest BCUT2D eigenvalue weighted by Crippen LogP contribution is -2.71. The summed E-state index contributed by atoms with van der Waals surface area (Å²) >= 11 is 0. The van der Waals surface area contributed by atoms with Crippen LogP contribution < -0.4 is 0 Å². The van der Waals surface area contributed by atoms with Crippen molar-refractivity contribution in [3.8, 4) is 0 Å². The van der Waals surface area contributed by atoms with E-state index in [1.54, 1.807) is 12.0 Å². The number of amides is 2. The third-order valence-electron chi connectivity index (χ3n) is 5.60. The molecule has 4 unspecified atom stereocenters. The number of rotatable bonds is 2. The van der Waals surface area contributed by atoms with Crippen molar-refractivity contribution in [1.82, 2.24) is 9.80 Å². The van der Waals surface area contributed by atoms with E-state index < -0.39 is 0 Å². The third kappa shape index (κ3) is 1.65. The Bertz CT molecular complexity index is 448. The Morgan fingerprint density at radius 2 is 1.95 bits per heavy atom. The number of carbonyl (C=O) groups is 2. The van der Waals surface area contributed by atoms with E-state index in [1.165, 1.54) is 0 Å². The zero-order chi connectivity index (χ0) is 14.7. The van der Waals surface area contributed by atoms with Crippen LogP contribution in [0, 0.1) is 5.41 Å². The molecule has 0 N–H and O–H groups in total. The van der Waals surface area contributed by atoms with Crippen molar-refractivity contribution < 1.29 is 14.3 Å². The number of fused-ring (bicyclic) bond motifs is 1. The summed E-state index contributed by atoms with van der Waals surface area (Å²) in [5.74, 6) is 0.256. The lowest BCUT2D eigenvalue weighted by molar-refractivity contribution is -0.184. The van der Waals surface area contributed by atoms with Crippen molar-refractivity contribution in [2.75, 3.05) is 13.7 Å². The Labute approximate surface area is 120 Å². The van der Waals surface area contributed by atoms with E-state index in [4.69, 9.17) is 4.74 Å². The van der Waals surface area contributed by atoms with Gasteiger partial charge >= 0.3 is 0 Å². The maximum absolute atomic E-state index is 12.8. The van der Waals surface area contributed by atoms with Gasteiger partial charge in [0.15, 0.2) is 0 Å². The molecule has 0 aromatic carbocycles. The minimum Gasteiger partial charge on any atom is -0.381 e. The van der Waals surface area contributed by atoms with Gasteiger partial charge in [0.2, 0.25) is 11.8 Å². The number of nitrogens with zero attached hydrogens (tertiary/aromatic N) is 2. The van der Waals surface area contributed by atoms with Crippen molar-refractivity contribution in [3.63, 3.8) is 0 Å². The standard InChI is InChI=1S/C15H24N2O3/c1-9-13(18)16-7-5-6-10(16)14(19)17(9)11-8-12(20-4)15(11,2)3/h9-12H,5-8H2,1-4H3. The largest absolute Gasteiger partial charge is 0.381 e. The minimum absolute atomic E-state index is 0.0836. The monoisotopic (exact) mass is 280 g/mol. The van der Waals surface area contributed by atoms with Crippen LogP contribution in [0.1, 0.15) is 40.0 Å². The van der Waals surface area contributed by atoms with Crippen LogP contribution in [0.15, 0.2) is 0 Å². The first kappa shape index (κ1) is 13.9. The molecule has 2 heterocycles. The van der Waals surface area contributed by atoms with E-state index in [9.17, 15) is 9.59 Å². The van der Waals surface area contributed by atoms with E-state index in [2.05, 4.69) is 13.8 Å². The molecule has 2 saturated heterocycles. The van der Waals surface area contributed by atoms with Gasteiger partial charge in [0.25, 0.3) is 0 Å². The quantitative estimate of drug-likeness (QED) is 0.759. The van der Waals surface area contributed by atoms with Gasteiger partial charge in [-0.05, 0) is 26.2 Å². The molecule has 1 aliphatic carbocycles. The topological polar surface area (TPSA) is 49.9 Å². The van der Waals surface area contributed by atoms with Crippen LogP contribution in [-0.4, -0.2) is 59.5 Å². The molecule has 3 fully saturated rings. The SMILES string of the molecule is COC1CC(N2C(=O)C3CCCN3C(=O)C2C)C1(C)C. The molecular formula is C15H24N2O3. The van der Waals surface area contributed by atoms with E-state index in [-0.39, 0.29) is 41.5 Å². The van der Waals surface area contributed by atoms with Gasteiger partial charge in [0.05, 0.1) is 6.10 Å². The van der Waals surface area contributed by atoms with Crippen LogP contribution in [0.3, 0.4) is 0 Å². The first-order valence-corrected chi connectivity index (χ1v) is 7.55. The Morgan fingerprint density at radius 1 is 1.25 bits per heavy atom. The van der Waals surface area contributed by atoms with Gasteiger partial charge in [-0.1, -0.05) is 13.8 Å². The van der Waals surface area contributed by atoms with Crippen molar-refractivity contribution in [2.45, 2.75) is 64.3 Å². The molecule has 2 amide bonds. The highest BCUT2D eigenvalue weighted by Crippen LogP contribution is 2.47. The zero-order valence-corrected chi connectivity index (χ0v) is 12.8. The molecule has 20 heavy (non-hydrogen) atoms. The summed E-state index contributed by atoms with van der Waals surface area (Å²) in [6.45, 7) is 6.86. The predicted molar refractivity (Wildman–Crippen MR) is 74.0 cm³/mol. The Hall–Kier alpha value is -1.10. The average Bonchev–Trinajstić information content (AvgIpc) is 2.89. The maximum atomic E-state index is 12.8. The van der Waals surface area contributed by atoms with Crippen molar-refractivity contribution in [2.24, 2.45) is 5.41 Å². The Balaban J connectivity index is 1.86. The molecule has 0 spiro atoms. The fourth-order valence-electron chi connectivity index (χ4n) is 4.17. The second kappa shape index (κ2) is 4.45. The number of hydrogen-bond donors (Lipinski definition) is 0. The van der Waals surface area contributed by atoms with E-state index in [1.807, 2.05) is 11.8 Å². The van der Waals surface area contributed by atoms with Crippen molar-refractivity contribution >= 4 is 11.8 Å². The molecule has 4 atom stereocenters. The molecule has 2 aliphatic heterocycles. The molecule has 0 aromatic heterocycles. The van der Waals surface area contributed by atoms with Gasteiger partial charge in [-0.15, -0.1) is 0 Å². The molecule has 0 radical (unpaired) electrons. The first-order valence-electron chi connectivity index (χ1n) is 7.55. The molecule has 3 aliphatic rings. The fourth-order valence-corrected chi connectivity index (χ4v) is 4.17. The highest BCUT2D eigenvalue weighted by molar-refractivity contribution is 5.97. The van der Waals surface area contributed by atoms with E-state index >= 15 is 0 Å². The lowest BCUT2D eigenvalue weighted by atomic mass is 9.63. The third-order valence-corrected chi connectivity index (χ3v) is 5.60. The molecule has 5 heteroatoms. The molecule has 0 aromatic rings. The Kier molecular flexibility index (Phi) is 3.08. The van der Waals surface area contributed by atoms with Gasteiger partial charge in [0, 0.05) is 25.1 Å². The molecule has 112 valence electrons. The normalized spacial score (nSPS) is 39.8. The molecule has 1 saturated carbocycles. The predicted octanol–water partition coefficient (Wildman–Crippen LogP) is 1.02. The summed E-state index contributed by atoms with van der Waals surface area (Å²) in [6.07, 6.45) is 2.76. The highest BCUT2D eigenvalue weighted by atomic mass is 16.5. The highest BCUT2D eigenvalue weighted by Gasteiger charge is 2.57. The number of hydrogen-bond acceptors (Lipinski definition) is 3. The number of carbonyl (C=O) groups excluding carboxylic acids is 2. The second-order valence-corrected chi connectivity index (χ2v) is 6.91. The summed E-state index contributed by atoms with van der Waals surface area (Å²) in [5.41, 5.74) is -0.0836. The summed E-state index contributed by atoms with van der Waals surface area (Å²) in [5, 5.41) is 0. The smallest absolute Gasteiger partial charge is 0.246 e. The van der Waals surface area contributed by atoms with Crippen LogP contribution >= 0.6 is 0 Å². The molecule has 5 nitrogen and oxygen atoms in total. The lowest BCUT2D eigenvalue weighted by Gasteiger charge is -2.58. The number of ether oxygens (including phenoxy) is 1. The van der Waals surface area contributed by atoms with E-state index in [0.717, 1.165) is 25.8 Å². The van der Waals surface area contributed by atoms with Gasteiger partial charge in [-0.25, -0.2) is 0 Å². The minimum atomic E-state index is -0.334. The summed E-state index contributed by atoms with van der Waals surface area (Å²) < 4.78 is 5.47. The van der Waals surface area contributed by atoms with Gasteiger partial charge < -0.3 is 14.5 Å². The second-order valence-electron chi connectivity index (χ2n) is 6.91. The van der Waals surface area contributed by atoms with Gasteiger partial charge in [-0.3, -0.25) is 9.59 Å². The van der Waals surface area contributed by atoms with Crippen LogP contribution in [-0.2, 0) is 14.3 Å². The van der Waals surface area contributed by atoms with Crippen molar-refractivity contribution in [1.29, 1.82) is 0 Å². The summed E-state index contributed by atoms with van der Waals surface area (Å²) in [7, 11) is 1.72. The number of methoxy groups -OCH3 is 1. The van der Waals surface area contributed by atoms with Gasteiger partial charge in [0.1, 0.15) is 12.1 Å². The Morgan fingerprint density at radius 3 is 2.55 bits per heavy atom. The molecular weight excluding hydrogens is 256 g/mol. The van der Waals surface area contributed by atoms with Crippen LogP contribution in [0.25, 0.3) is 0 Å². The van der Waals surface area contributed by atoms with Gasteiger partial charge in [-0.2, -0.15) is 0 Å². The zero-order valence-electron chi connectivity index (χ0n) is 12.8. The fraction of sp³-hybridized carbons (Fsp3) is 0.867. The van der Waals surface area contributed by atoms with Crippen LogP contribution in [0.5, 0.6) is 0 Å². The number of piperazine rings is 1. The summed E-state index contributed by atoms with van der Waals surface area (Å²) in [6, 6.07) is -0.434. The molecule has 3 rings (SSSR count). The molecule has 0 bridgehead atoms. The summed E-state index contributed by atoms with van der Waals surface area (Å²) in [4.78, 5) is 28.9. The van der Waals surface area contributed by atoms with Crippen LogP contribution in [0.2, 0.25) is 0 Å².